The van der Waals surface area contributed by atoms with Gasteiger partial charge in [-0.25, -0.2) is 9.97 Å². The van der Waals surface area contributed by atoms with Gasteiger partial charge in [0.05, 0.1) is 12.4 Å². The van der Waals surface area contributed by atoms with E-state index in [9.17, 15) is 8.42 Å². The summed E-state index contributed by atoms with van der Waals surface area (Å²) in [5.74, 6) is 0.637. The number of nitrogens with zero attached hydrogens (tertiary/aromatic N) is 4. The van der Waals surface area contributed by atoms with Crippen molar-refractivity contribution in [2.45, 2.75) is 11.9 Å². The van der Waals surface area contributed by atoms with E-state index < -0.39 is 10.0 Å². The minimum atomic E-state index is -3.77. The third kappa shape index (κ3) is 2.59. The lowest BCUT2D eigenvalue weighted by molar-refractivity contribution is 0.597. The van der Waals surface area contributed by atoms with E-state index in [0.29, 0.717) is 5.82 Å². The minimum Gasteiger partial charge on any atom is -0.337 e. The highest BCUT2D eigenvalue weighted by molar-refractivity contribution is 7.92. The Labute approximate surface area is 109 Å². The Hall–Kier alpha value is -1.67. The molecule has 96 valence electrons. The van der Waals surface area contributed by atoms with E-state index in [0.717, 1.165) is 0 Å². The minimum absolute atomic E-state index is 0.0470. The molecule has 2 heterocycles. The third-order valence-corrected chi connectivity index (χ3v) is 3.61. The Kier molecular flexibility index (Phi) is 3.22. The van der Waals surface area contributed by atoms with Gasteiger partial charge in [0.15, 0.2) is 10.8 Å². The molecule has 1 N–H and O–H groups in total. The summed E-state index contributed by atoms with van der Waals surface area (Å²) in [6, 6.07) is 0. The number of halogens is 1. The van der Waals surface area contributed by atoms with Gasteiger partial charge in [0.2, 0.25) is 0 Å². The van der Waals surface area contributed by atoms with Crippen LogP contribution in [0.15, 0.2) is 23.6 Å². The van der Waals surface area contributed by atoms with Crippen LogP contribution in [0.3, 0.4) is 0 Å². The fraction of sp³-hybridized carbons (Fsp3) is 0.222. The van der Waals surface area contributed by atoms with Crippen LogP contribution in [-0.2, 0) is 17.1 Å². The standard InChI is InChI=1S/C9H10ClN5O2S/c1-6-12-9(5-15(6)2)18(16,17)14-8-4-11-3-7(10)13-8/h3-5H,1-2H3,(H,13,14). The van der Waals surface area contributed by atoms with Gasteiger partial charge in [-0.15, -0.1) is 0 Å². The Balaban J connectivity index is 2.33. The van der Waals surface area contributed by atoms with Gasteiger partial charge in [0.25, 0.3) is 10.0 Å². The van der Waals surface area contributed by atoms with E-state index in [1.54, 1.807) is 18.5 Å². The molecule has 0 saturated heterocycles. The molecule has 0 aliphatic carbocycles. The molecule has 9 heteroatoms. The summed E-state index contributed by atoms with van der Waals surface area (Å²) in [6.07, 6.45) is 3.99. The lowest BCUT2D eigenvalue weighted by Gasteiger charge is -2.03. The monoisotopic (exact) mass is 287 g/mol. The second-order valence-electron chi connectivity index (χ2n) is 3.57. The first kappa shape index (κ1) is 12.8. The van der Waals surface area contributed by atoms with Gasteiger partial charge in [0.1, 0.15) is 11.0 Å². The fourth-order valence-corrected chi connectivity index (χ4v) is 2.41. The van der Waals surface area contributed by atoms with Gasteiger partial charge in [-0.05, 0) is 6.92 Å². The van der Waals surface area contributed by atoms with E-state index >= 15 is 0 Å². The number of imidazole rings is 1. The third-order valence-electron chi connectivity index (χ3n) is 2.21. The molecule has 0 spiro atoms. The number of sulfonamides is 1. The average molecular weight is 288 g/mol. The van der Waals surface area contributed by atoms with Crippen LogP contribution in [0.5, 0.6) is 0 Å². The quantitative estimate of drug-likeness (QED) is 0.908. The van der Waals surface area contributed by atoms with Crippen LogP contribution in [-0.4, -0.2) is 27.9 Å². The molecule has 0 aliphatic rings. The largest absolute Gasteiger partial charge is 0.337 e. The van der Waals surface area contributed by atoms with Gasteiger partial charge in [-0.1, -0.05) is 11.6 Å². The molecule has 0 aliphatic heterocycles. The number of nitrogens with one attached hydrogen (secondary N) is 1. The van der Waals surface area contributed by atoms with Crippen LogP contribution >= 0.6 is 11.6 Å². The molecule has 18 heavy (non-hydrogen) atoms. The average Bonchev–Trinajstić information content (AvgIpc) is 2.59. The van der Waals surface area contributed by atoms with Gasteiger partial charge in [0, 0.05) is 13.2 Å². The summed E-state index contributed by atoms with van der Waals surface area (Å²) >= 11 is 5.62. The molecule has 0 fully saturated rings. The van der Waals surface area contributed by atoms with E-state index in [1.165, 1.54) is 18.6 Å². The molecule has 2 rings (SSSR count). The first-order chi connectivity index (χ1) is 8.38. The zero-order valence-electron chi connectivity index (χ0n) is 9.62. The van der Waals surface area contributed by atoms with Gasteiger partial charge < -0.3 is 4.57 Å². The van der Waals surface area contributed by atoms with Crippen LogP contribution in [0.1, 0.15) is 5.82 Å². The predicted molar refractivity (Wildman–Crippen MR) is 65.8 cm³/mol. The Morgan fingerprint density at radius 1 is 1.33 bits per heavy atom. The first-order valence-corrected chi connectivity index (χ1v) is 6.75. The van der Waals surface area contributed by atoms with Gasteiger partial charge in [-0.2, -0.15) is 8.42 Å². The number of hydrogen-bond acceptors (Lipinski definition) is 5. The summed E-state index contributed by atoms with van der Waals surface area (Å²) in [5.41, 5.74) is 0. The fourth-order valence-electron chi connectivity index (χ4n) is 1.24. The molecule has 2 aromatic heterocycles. The lowest BCUT2D eigenvalue weighted by Crippen LogP contribution is -2.14. The second kappa shape index (κ2) is 4.54. The van der Waals surface area contributed by atoms with Gasteiger partial charge in [-0.3, -0.25) is 9.71 Å². The summed E-state index contributed by atoms with van der Waals surface area (Å²) in [5, 5.41) is 0.0247. The number of aryl methyl sites for hydroxylation is 2. The predicted octanol–water partition coefficient (Wildman–Crippen LogP) is 0.973. The molecular weight excluding hydrogens is 278 g/mol. The summed E-state index contributed by atoms with van der Waals surface area (Å²) < 4.78 is 27.8. The smallest absolute Gasteiger partial charge is 0.282 e. The Morgan fingerprint density at radius 3 is 2.61 bits per heavy atom. The maximum absolute atomic E-state index is 12.0. The molecule has 2 aromatic rings. The summed E-state index contributed by atoms with van der Waals surface area (Å²) in [4.78, 5) is 11.5. The molecule has 7 nitrogen and oxygen atoms in total. The van der Waals surface area contributed by atoms with Crippen molar-refractivity contribution in [3.63, 3.8) is 0 Å². The molecule has 0 bridgehead atoms. The highest BCUT2D eigenvalue weighted by Crippen LogP contribution is 2.14. The van der Waals surface area contributed by atoms with Gasteiger partial charge >= 0.3 is 0 Å². The topological polar surface area (TPSA) is 89.8 Å². The number of aromatic nitrogens is 4. The van der Waals surface area contributed by atoms with Crippen molar-refractivity contribution in [1.29, 1.82) is 0 Å². The lowest BCUT2D eigenvalue weighted by atomic mass is 10.7. The van der Waals surface area contributed by atoms with E-state index in [4.69, 9.17) is 11.6 Å². The highest BCUT2D eigenvalue weighted by Gasteiger charge is 2.19. The van der Waals surface area contributed by atoms with Crippen molar-refractivity contribution >= 4 is 27.4 Å². The van der Waals surface area contributed by atoms with Crippen molar-refractivity contribution in [2.75, 3.05) is 4.72 Å². The summed E-state index contributed by atoms with van der Waals surface area (Å²) in [6.45, 7) is 1.71. The van der Waals surface area contributed by atoms with E-state index in [-0.39, 0.29) is 16.0 Å². The Bertz CT molecular complexity index is 663. The Morgan fingerprint density at radius 2 is 2.06 bits per heavy atom. The molecule has 0 aromatic carbocycles. The maximum atomic E-state index is 12.0. The molecule has 0 saturated carbocycles. The zero-order chi connectivity index (χ0) is 13.3. The van der Waals surface area contributed by atoms with Crippen molar-refractivity contribution in [3.8, 4) is 0 Å². The van der Waals surface area contributed by atoms with Crippen LogP contribution in [0.2, 0.25) is 5.15 Å². The second-order valence-corrected chi connectivity index (χ2v) is 5.59. The molecular formula is C9H10ClN5O2S. The summed E-state index contributed by atoms with van der Waals surface area (Å²) in [7, 11) is -2.07. The molecule has 0 radical (unpaired) electrons. The van der Waals surface area contributed by atoms with Crippen LogP contribution in [0.4, 0.5) is 5.82 Å². The first-order valence-electron chi connectivity index (χ1n) is 4.89. The van der Waals surface area contributed by atoms with Crippen LogP contribution in [0, 0.1) is 6.92 Å². The van der Waals surface area contributed by atoms with Crippen molar-refractivity contribution in [2.24, 2.45) is 7.05 Å². The maximum Gasteiger partial charge on any atom is 0.282 e. The molecule has 0 atom stereocenters. The van der Waals surface area contributed by atoms with Crippen molar-refractivity contribution in [3.05, 3.63) is 29.6 Å². The highest BCUT2D eigenvalue weighted by atomic mass is 35.5. The number of hydrogen-bond donors (Lipinski definition) is 1. The van der Waals surface area contributed by atoms with Crippen molar-refractivity contribution < 1.29 is 8.42 Å². The van der Waals surface area contributed by atoms with Crippen LogP contribution in [0.25, 0.3) is 0 Å². The van der Waals surface area contributed by atoms with Crippen LogP contribution < -0.4 is 4.72 Å². The molecule has 0 amide bonds. The van der Waals surface area contributed by atoms with E-state index in [2.05, 4.69) is 19.7 Å². The number of anilines is 1. The zero-order valence-corrected chi connectivity index (χ0v) is 11.2. The molecule has 0 unspecified atom stereocenters. The van der Waals surface area contributed by atoms with Crippen molar-refractivity contribution in [1.82, 2.24) is 19.5 Å². The number of rotatable bonds is 3. The normalized spacial score (nSPS) is 11.5. The SMILES string of the molecule is Cc1nc(S(=O)(=O)Nc2cncc(Cl)n2)cn1C. The van der Waals surface area contributed by atoms with E-state index in [1.807, 2.05) is 0 Å².